The molecule has 4 aromatic carbocycles. The number of rotatable bonds is 9. The molecule has 0 N–H and O–H groups in total. The molecule has 0 saturated carbocycles. The minimum atomic E-state index is -4.86. The van der Waals surface area contributed by atoms with Gasteiger partial charge >= 0.3 is 12.4 Å². The molecule has 376 valence electrons. The number of piperidine rings is 2. The Kier molecular flexibility index (Phi) is 17.4. The van der Waals surface area contributed by atoms with Gasteiger partial charge in [-0.25, -0.2) is 9.69 Å². The molecule has 2 aromatic heterocycles. The number of likely N-dealkylation sites (tertiary alicyclic amines) is 2. The van der Waals surface area contributed by atoms with Crippen LogP contribution in [-0.4, -0.2) is 51.0 Å². The predicted molar refractivity (Wildman–Crippen MR) is 271 cm³/mol. The van der Waals surface area contributed by atoms with Gasteiger partial charge in [0.2, 0.25) is 0 Å². The molecule has 9 nitrogen and oxygen atoms in total. The minimum Gasteiger partial charge on any atom is -0.339 e. The lowest BCUT2D eigenvalue weighted by Gasteiger charge is -2.26. The maximum absolute atomic E-state index is 13.8. The molecule has 16 heteroatoms. The first kappa shape index (κ1) is 54.4. The Morgan fingerprint density at radius 2 is 0.944 bits per heavy atom. The Bertz CT molecular complexity index is 3140. The van der Waals surface area contributed by atoms with Crippen LogP contribution in [0.15, 0.2) is 107 Å². The Morgan fingerprint density at radius 1 is 0.542 bits per heavy atom. The van der Waals surface area contributed by atoms with Crippen molar-refractivity contribution in [3.05, 3.63) is 196 Å². The summed E-state index contributed by atoms with van der Waals surface area (Å²) in [5.41, 5.74) is 1.82. The van der Waals surface area contributed by atoms with Crippen LogP contribution in [0.5, 0.6) is 0 Å². The van der Waals surface area contributed by atoms with Gasteiger partial charge in [0.15, 0.2) is 0 Å². The number of hydrogen-bond donors (Lipinski definition) is 0. The highest BCUT2D eigenvalue weighted by atomic mass is 35.5. The first-order valence-corrected chi connectivity index (χ1v) is 23.6. The minimum absolute atomic E-state index is 0. The number of benzene rings is 4. The molecule has 0 atom stereocenters. The second-order valence-electron chi connectivity index (χ2n) is 18.4. The Hall–Kier alpha value is -6.94. The van der Waals surface area contributed by atoms with E-state index in [1.54, 1.807) is 41.3 Å². The van der Waals surface area contributed by atoms with Crippen molar-refractivity contribution in [2.45, 2.75) is 98.2 Å². The van der Waals surface area contributed by atoms with Crippen LogP contribution < -0.4 is 11.1 Å². The summed E-state index contributed by atoms with van der Waals surface area (Å²) in [5, 5.41) is 0. The van der Waals surface area contributed by atoms with Crippen LogP contribution in [0.25, 0.3) is 32.2 Å². The van der Waals surface area contributed by atoms with Crippen molar-refractivity contribution in [1.29, 1.82) is 0 Å². The summed E-state index contributed by atoms with van der Waals surface area (Å²) < 4.78 is 85.4. The van der Waals surface area contributed by atoms with Gasteiger partial charge in [0, 0.05) is 36.6 Å². The monoisotopic (exact) mass is 1010 g/mol. The average molecular weight is 1010 g/mol. The second-order valence-corrected chi connectivity index (χ2v) is 18.4. The molecule has 2 aliphatic heterocycles. The molecule has 2 saturated heterocycles. The highest BCUT2D eigenvalue weighted by Gasteiger charge is 2.38. The second kappa shape index (κ2) is 23.1. The van der Waals surface area contributed by atoms with E-state index in [1.165, 1.54) is 28.4 Å². The summed E-state index contributed by atoms with van der Waals surface area (Å²) in [6, 6.07) is 26.8. The van der Waals surface area contributed by atoms with E-state index in [4.69, 9.17) is 13.1 Å². The quantitative estimate of drug-likeness (QED) is 0.107. The van der Waals surface area contributed by atoms with Gasteiger partial charge in [-0.15, -0.1) is 12.4 Å². The number of halogens is 7. The van der Waals surface area contributed by atoms with E-state index in [9.17, 15) is 40.7 Å². The molecule has 0 spiro atoms. The van der Waals surface area contributed by atoms with Crippen molar-refractivity contribution in [2.24, 2.45) is 0 Å². The topological polar surface area (TPSA) is 76.3 Å². The molecule has 72 heavy (non-hydrogen) atoms. The van der Waals surface area contributed by atoms with Crippen LogP contribution in [0.3, 0.4) is 0 Å². The van der Waals surface area contributed by atoms with Crippen LogP contribution >= 0.6 is 12.4 Å². The maximum Gasteiger partial charge on any atom is 0.407 e. The van der Waals surface area contributed by atoms with Crippen LogP contribution in [0, 0.1) is 40.8 Å². The third-order valence-corrected chi connectivity index (χ3v) is 13.2. The third-order valence-electron chi connectivity index (χ3n) is 13.2. The number of pyridine rings is 2. The van der Waals surface area contributed by atoms with Gasteiger partial charge in [-0.05, 0) is 136 Å². The number of nitrogens with zero attached hydrogens (tertiary/aromatic N) is 6. The van der Waals surface area contributed by atoms with E-state index in [2.05, 4.69) is 14.6 Å². The molecule has 0 radical (unpaired) electrons. The van der Waals surface area contributed by atoms with Crippen molar-refractivity contribution in [1.82, 2.24) is 18.9 Å². The van der Waals surface area contributed by atoms with Gasteiger partial charge in [0.1, 0.15) is 0 Å². The molecule has 6 aromatic rings. The zero-order valence-electron chi connectivity index (χ0n) is 40.5. The fourth-order valence-corrected chi connectivity index (χ4v) is 9.32. The van der Waals surface area contributed by atoms with Crippen LogP contribution in [0.2, 0.25) is 0 Å². The lowest BCUT2D eigenvalue weighted by Crippen LogP contribution is -2.35. The first-order chi connectivity index (χ1) is 33.8. The van der Waals surface area contributed by atoms with Gasteiger partial charge in [0.05, 0.1) is 37.4 Å². The largest absolute Gasteiger partial charge is 0.407 e. The zero-order chi connectivity index (χ0) is 51.2. The zero-order valence-corrected chi connectivity index (χ0v) is 41.3. The molecule has 0 unspecified atom stereocenters. The van der Waals surface area contributed by atoms with Crippen LogP contribution in [-0.2, 0) is 32.0 Å². The van der Waals surface area contributed by atoms with Gasteiger partial charge in [0.25, 0.3) is 28.4 Å². The molecule has 1 amide bonds. The number of aryl methyl sites for hydroxylation is 4. The molecule has 8 rings (SSSR count). The van der Waals surface area contributed by atoms with Crippen molar-refractivity contribution in [3.8, 4) is 22.5 Å². The van der Waals surface area contributed by atoms with Crippen molar-refractivity contribution in [3.63, 3.8) is 0 Å². The summed E-state index contributed by atoms with van der Waals surface area (Å²) >= 11 is 0. The summed E-state index contributed by atoms with van der Waals surface area (Å²) in [4.78, 5) is 49.3. The lowest BCUT2D eigenvalue weighted by atomic mass is 10.0. The number of carbonyl (C=O) groups excluding carboxylic acids is 1. The Morgan fingerprint density at radius 3 is 1.33 bits per heavy atom. The van der Waals surface area contributed by atoms with E-state index in [0.717, 1.165) is 90.0 Å². The molecular formula is C56H55ClF6N6O3. The number of hydrogen-bond acceptors (Lipinski definition) is 4. The van der Waals surface area contributed by atoms with E-state index in [1.807, 2.05) is 76.2 Å². The van der Waals surface area contributed by atoms with Gasteiger partial charge in [-0.1, -0.05) is 90.3 Å². The smallest absolute Gasteiger partial charge is 0.339 e. The van der Waals surface area contributed by atoms with Crippen LogP contribution in [0.1, 0.15) is 99.0 Å². The third kappa shape index (κ3) is 12.6. The molecule has 0 bridgehead atoms. The van der Waals surface area contributed by atoms with Crippen molar-refractivity contribution in [2.75, 3.05) is 26.2 Å². The van der Waals surface area contributed by atoms with E-state index in [0.29, 0.717) is 29.8 Å². The van der Waals surface area contributed by atoms with Gasteiger partial charge in [-0.3, -0.25) is 19.3 Å². The molecule has 4 heterocycles. The Balaban J connectivity index is 0.000000232. The number of carbonyl (C=O) groups is 1. The fourth-order valence-electron chi connectivity index (χ4n) is 9.32. The van der Waals surface area contributed by atoms with Crippen LogP contribution in [0.4, 0.5) is 37.7 Å². The number of amides is 1. The predicted octanol–water partition coefficient (Wildman–Crippen LogP) is 13.5. The lowest BCUT2D eigenvalue weighted by molar-refractivity contribution is -0.137. The maximum atomic E-state index is 13.8. The SMILES string of the molecule is Cl.[C-]#[N+]c1c(C(F)(F)F)cc(-c2ccc(C(=O)N3CCCCC3)cc2)n(Cc2ccc(C)cc2C)c1=O.[C-]#[N+]c1c(C(F)(F)F)cc(-c2ccc(CN3CCCCC3)cc2)n(Cc2ccc(C)cc2C)c1=O. The summed E-state index contributed by atoms with van der Waals surface area (Å²) in [6.45, 7) is 26.5. The number of alkyl halides is 6. The molecular weight excluding hydrogens is 954 g/mol. The molecule has 2 fully saturated rings. The van der Waals surface area contributed by atoms with Gasteiger partial charge < -0.3 is 14.0 Å². The molecule has 0 aliphatic carbocycles. The average Bonchev–Trinajstić information content (AvgIpc) is 3.34. The molecule has 2 aliphatic rings. The highest BCUT2D eigenvalue weighted by Crippen LogP contribution is 2.39. The van der Waals surface area contributed by atoms with Crippen molar-refractivity contribution >= 4 is 29.7 Å². The normalized spacial score (nSPS) is 14.1. The fraction of sp³-hybridized carbons (Fsp3) is 0.339. The summed E-state index contributed by atoms with van der Waals surface area (Å²) in [7, 11) is 0. The Labute approximate surface area is 421 Å². The summed E-state index contributed by atoms with van der Waals surface area (Å²) in [6.07, 6.45) is -3.09. The first-order valence-electron chi connectivity index (χ1n) is 23.6. The van der Waals surface area contributed by atoms with Crippen molar-refractivity contribution < 1.29 is 31.1 Å². The standard InChI is InChI=1S/C28H26F3N3O2.C28H28F3N3O.ClH/c1-18-7-8-22(19(2)15-18)17-34-24(16-23(28(29,30)31)25(32-3)27(34)36)20-9-11-21(12-10-20)26(35)33-13-5-4-6-14-33;1-19-7-10-23(20(2)15-19)18-34-25(16-24(28(29,30)31)26(32-3)27(34)35)22-11-8-21(9-12-22)17-33-13-5-4-6-14-33;/h7-12,15-16H,4-6,13-14,17H2,1-2H3;7-12,15-16H,4-6,13-14,17-18H2,1-2H3;1H. The van der Waals surface area contributed by atoms with E-state index < -0.39 is 46.0 Å². The highest BCUT2D eigenvalue weighted by molar-refractivity contribution is 5.94. The number of aromatic nitrogens is 2. The summed E-state index contributed by atoms with van der Waals surface area (Å²) in [5.74, 6) is -0.117. The van der Waals surface area contributed by atoms with E-state index in [-0.39, 0.29) is 42.8 Å². The van der Waals surface area contributed by atoms with Gasteiger partial charge in [-0.2, -0.15) is 26.3 Å². The van der Waals surface area contributed by atoms with E-state index >= 15 is 0 Å².